The zero-order chi connectivity index (χ0) is 11.7. The predicted octanol–water partition coefficient (Wildman–Crippen LogP) is 1.87. The fraction of sp³-hybridized carbons (Fsp3) is 0.143. The molecule has 1 aromatic rings. The summed E-state index contributed by atoms with van der Waals surface area (Å²) in [6.07, 6.45) is -4.85. The average molecular weight is 243 g/mol. The summed E-state index contributed by atoms with van der Waals surface area (Å²) in [6, 6.07) is 3.31. The van der Waals surface area contributed by atoms with Crippen LogP contribution in [0.1, 0.15) is 5.56 Å². The molecule has 0 aliphatic heterocycles. The SMILES string of the molecule is O=S(=O)(NF)c1ccccc1C(F)(F)F. The Labute approximate surface area is 82.7 Å². The van der Waals surface area contributed by atoms with Gasteiger partial charge in [-0.2, -0.15) is 13.2 Å². The number of rotatable bonds is 2. The van der Waals surface area contributed by atoms with Gasteiger partial charge in [0.1, 0.15) is 0 Å². The molecule has 0 unspecified atom stereocenters. The monoisotopic (exact) mass is 243 g/mol. The van der Waals surface area contributed by atoms with Crippen molar-refractivity contribution in [3.8, 4) is 0 Å². The van der Waals surface area contributed by atoms with E-state index in [1.54, 1.807) is 0 Å². The van der Waals surface area contributed by atoms with E-state index >= 15 is 0 Å². The summed E-state index contributed by atoms with van der Waals surface area (Å²) in [7, 11) is -4.75. The maximum atomic E-state index is 12.3. The van der Waals surface area contributed by atoms with Crippen LogP contribution in [-0.4, -0.2) is 8.42 Å². The van der Waals surface area contributed by atoms with Crippen LogP contribution in [0.2, 0.25) is 0 Å². The summed E-state index contributed by atoms with van der Waals surface area (Å²) >= 11 is 0. The molecule has 84 valence electrons. The lowest BCUT2D eigenvalue weighted by Crippen LogP contribution is -2.20. The number of nitrogens with one attached hydrogen (secondary N) is 1. The van der Waals surface area contributed by atoms with Crippen LogP contribution in [0.3, 0.4) is 0 Å². The van der Waals surface area contributed by atoms with Crippen molar-refractivity contribution in [2.24, 2.45) is 0 Å². The van der Waals surface area contributed by atoms with Gasteiger partial charge in [0.15, 0.2) is 0 Å². The largest absolute Gasteiger partial charge is 0.417 e. The van der Waals surface area contributed by atoms with Crippen LogP contribution in [0.4, 0.5) is 17.7 Å². The van der Waals surface area contributed by atoms with E-state index in [2.05, 4.69) is 0 Å². The first kappa shape index (κ1) is 11.9. The van der Waals surface area contributed by atoms with Crippen molar-refractivity contribution in [1.82, 2.24) is 4.94 Å². The molecule has 1 rings (SSSR count). The summed E-state index contributed by atoms with van der Waals surface area (Å²) in [5, 5.41) is 0. The Morgan fingerprint density at radius 2 is 1.67 bits per heavy atom. The van der Waals surface area contributed by atoms with Gasteiger partial charge in [-0.3, -0.25) is 0 Å². The van der Waals surface area contributed by atoms with Gasteiger partial charge in [-0.15, -0.1) is 4.48 Å². The molecule has 1 aromatic carbocycles. The maximum Gasteiger partial charge on any atom is 0.417 e. The summed E-state index contributed by atoms with van der Waals surface area (Å²) in [6.45, 7) is 0. The first-order valence-electron chi connectivity index (χ1n) is 3.57. The smallest absolute Gasteiger partial charge is 0.205 e. The lowest BCUT2D eigenvalue weighted by molar-refractivity contribution is -0.139. The van der Waals surface area contributed by atoms with Gasteiger partial charge >= 0.3 is 6.18 Å². The normalized spacial score (nSPS) is 12.8. The van der Waals surface area contributed by atoms with Crippen molar-refractivity contribution in [1.29, 1.82) is 0 Å². The number of hydrogen-bond acceptors (Lipinski definition) is 2. The Morgan fingerprint density at radius 1 is 1.13 bits per heavy atom. The zero-order valence-electron chi connectivity index (χ0n) is 7.05. The fourth-order valence-electron chi connectivity index (χ4n) is 0.977. The quantitative estimate of drug-likeness (QED) is 0.636. The molecule has 0 spiro atoms. The molecular weight excluding hydrogens is 238 g/mol. The molecule has 3 nitrogen and oxygen atoms in total. The number of sulfonamides is 1. The molecule has 0 saturated heterocycles. The first-order valence-corrected chi connectivity index (χ1v) is 5.06. The lowest BCUT2D eigenvalue weighted by atomic mass is 10.2. The molecule has 0 fully saturated rings. The summed E-state index contributed by atoms with van der Waals surface area (Å²) < 4.78 is 70.5. The van der Waals surface area contributed by atoms with Crippen LogP contribution < -0.4 is 4.94 Å². The zero-order valence-corrected chi connectivity index (χ0v) is 7.86. The van der Waals surface area contributed by atoms with Crippen molar-refractivity contribution in [3.63, 3.8) is 0 Å². The molecule has 8 heteroatoms. The van der Waals surface area contributed by atoms with Crippen molar-refractivity contribution >= 4 is 10.0 Å². The van der Waals surface area contributed by atoms with E-state index in [-0.39, 0.29) is 0 Å². The van der Waals surface area contributed by atoms with Gasteiger partial charge in [-0.1, -0.05) is 12.1 Å². The third kappa shape index (κ3) is 2.45. The van der Waals surface area contributed by atoms with E-state index in [1.165, 1.54) is 0 Å². The van der Waals surface area contributed by atoms with E-state index in [9.17, 15) is 26.1 Å². The Kier molecular flexibility index (Phi) is 3.00. The Balaban J connectivity index is 3.45. The second kappa shape index (κ2) is 3.78. The van der Waals surface area contributed by atoms with Crippen LogP contribution in [-0.2, 0) is 16.2 Å². The topological polar surface area (TPSA) is 46.2 Å². The second-order valence-corrected chi connectivity index (χ2v) is 4.18. The molecule has 0 aliphatic rings. The van der Waals surface area contributed by atoms with E-state index in [0.29, 0.717) is 17.1 Å². The number of hydrogen-bond donors (Lipinski definition) is 1. The molecule has 0 bridgehead atoms. The molecule has 1 N–H and O–H groups in total. The van der Waals surface area contributed by atoms with Crippen molar-refractivity contribution in [2.45, 2.75) is 11.1 Å². The van der Waals surface area contributed by atoms with Gasteiger partial charge in [0.25, 0.3) is 10.0 Å². The van der Waals surface area contributed by atoms with Gasteiger partial charge in [-0.25, -0.2) is 8.42 Å². The minimum Gasteiger partial charge on any atom is -0.205 e. The molecule has 0 amide bonds. The Bertz CT molecular complexity index is 454. The van der Waals surface area contributed by atoms with E-state index in [1.807, 2.05) is 0 Å². The van der Waals surface area contributed by atoms with Crippen molar-refractivity contribution in [2.75, 3.05) is 0 Å². The van der Waals surface area contributed by atoms with Crippen LogP contribution in [0.25, 0.3) is 0 Å². The highest BCUT2D eigenvalue weighted by molar-refractivity contribution is 7.89. The van der Waals surface area contributed by atoms with E-state index in [0.717, 1.165) is 12.1 Å². The first-order chi connectivity index (χ1) is 6.79. The molecule has 0 aliphatic carbocycles. The van der Waals surface area contributed by atoms with E-state index < -0.39 is 26.7 Å². The lowest BCUT2D eigenvalue weighted by Gasteiger charge is -2.10. The van der Waals surface area contributed by atoms with Gasteiger partial charge < -0.3 is 0 Å². The molecule has 0 atom stereocenters. The van der Waals surface area contributed by atoms with Crippen LogP contribution in [0.15, 0.2) is 29.2 Å². The Hall–Kier alpha value is -1.15. The highest BCUT2D eigenvalue weighted by Crippen LogP contribution is 2.33. The van der Waals surface area contributed by atoms with Gasteiger partial charge in [-0.05, 0) is 17.1 Å². The molecular formula is C7H5F4NO2S. The number of halogens is 4. The van der Waals surface area contributed by atoms with Crippen LogP contribution in [0.5, 0.6) is 0 Å². The van der Waals surface area contributed by atoms with Gasteiger partial charge in [0.05, 0.1) is 10.5 Å². The highest BCUT2D eigenvalue weighted by Gasteiger charge is 2.36. The maximum absolute atomic E-state index is 12.3. The molecule has 0 heterocycles. The Morgan fingerprint density at radius 3 is 2.13 bits per heavy atom. The summed E-state index contributed by atoms with van der Waals surface area (Å²) in [5.41, 5.74) is -1.41. The average Bonchev–Trinajstić information content (AvgIpc) is 2.16. The van der Waals surface area contributed by atoms with Crippen molar-refractivity contribution < 1.29 is 26.1 Å². The van der Waals surface area contributed by atoms with E-state index in [4.69, 9.17) is 0 Å². The van der Waals surface area contributed by atoms with Gasteiger partial charge in [0.2, 0.25) is 0 Å². The fourth-order valence-corrected chi connectivity index (χ4v) is 1.79. The van der Waals surface area contributed by atoms with Crippen LogP contribution in [0, 0.1) is 0 Å². The summed E-state index contributed by atoms with van der Waals surface area (Å²) in [4.78, 5) is -0.797. The second-order valence-electron chi connectivity index (χ2n) is 2.57. The standard InChI is InChI=1S/C7H5F4NO2S/c8-7(9,10)5-3-1-2-4-6(5)15(13,14)12-11/h1-4,12H. The minimum absolute atomic E-state index is 0.342. The predicted molar refractivity (Wildman–Crippen MR) is 42.9 cm³/mol. The highest BCUT2D eigenvalue weighted by atomic mass is 32.2. The molecule has 0 radical (unpaired) electrons. The minimum atomic E-state index is -4.85. The molecule has 0 saturated carbocycles. The third-order valence-corrected chi connectivity index (χ3v) is 2.72. The third-order valence-electron chi connectivity index (χ3n) is 1.58. The molecule has 0 aromatic heterocycles. The molecule has 15 heavy (non-hydrogen) atoms. The van der Waals surface area contributed by atoms with Crippen molar-refractivity contribution in [3.05, 3.63) is 29.8 Å². The van der Waals surface area contributed by atoms with Gasteiger partial charge in [0, 0.05) is 0 Å². The number of alkyl halides is 3. The summed E-state index contributed by atoms with van der Waals surface area (Å²) in [5.74, 6) is 0. The van der Waals surface area contributed by atoms with Crippen LogP contribution >= 0.6 is 0 Å². The number of benzene rings is 1.